The molecule has 0 amide bonds. The molecule has 3 heteroatoms. The lowest BCUT2D eigenvalue weighted by molar-refractivity contribution is 0.343. The fraction of sp³-hybridized carbons (Fsp3) is 0.538. The monoisotopic (exact) mass is 237 g/mol. The molecule has 1 aliphatic carbocycles. The Hall–Kier alpha value is -0.670. The van der Waals surface area contributed by atoms with Gasteiger partial charge in [0.15, 0.2) is 0 Å². The third kappa shape index (κ3) is 2.53. The highest BCUT2D eigenvalue weighted by Crippen LogP contribution is 2.33. The van der Waals surface area contributed by atoms with E-state index in [-0.39, 0.29) is 0 Å². The molecule has 0 aliphatic heterocycles. The van der Waals surface area contributed by atoms with Crippen molar-refractivity contribution in [2.24, 2.45) is 0 Å². The van der Waals surface area contributed by atoms with Crippen LogP contribution in [0, 0.1) is 0 Å². The van der Waals surface area contributed by atoms with Crippen molar-refractivity contribution in [1.29, 1.82) is 0 Å². The number of aryl methyl sites for hydroxylation is 1. The summed E-state index contributed by atoms with van der Waals surface area (Å²) in [5, 5.41) is 3.35. The predicted molar refractivity (Wildman–Crippen MR) is 70.4 cm³/mol. The molecule has 0 bridgehead atoms. The van der Waals surface area contributed by atoms with Gasteiger partial charge in [-0.1, -0.05) is 6.07 Å². The summed E-state index contributed by atoms with van der Waals surface area (Å²) in [6.07, 6.45) is 4.48. The van der Waals surface area contributed by atoms with E-state index < -0.39 is 0 Å². The van der Waals surface area contributed by atoms with Gasteiger partial charge in [0.2, 0.25) is 0 Å². The van der Waals surface area contributed by atoms with Crippen LogP contribution in [0.2, 0.25) is 0 Å². The van der Waals surface area contributed by atoms with Gasteiger partial charge in [-0.2, -0.15) is 11.8 Å². The Kier molecular flexibility index (Phi) is 4.13. The van der Waals surface area contributed by atoms with E-state index in [9.17, 15) is 0 Å². The van der Waals surface area contributed by atoms with Crippen LogP contribution in [0.25, 0.3) is 0 Å². The standard InChI is InChI=1S/C13H19NOS/c1-14-13-6-3-10-9-11(4-5-12(10)13)15-7-8-16-2/h4-5,9,13-14H,3,6-8H2,1-2H3. The largest absolute Gasteiger partial charge is 0.493 e. The molecular weight excluding hydrogens is 218 g/mol. The average Bonchev–Trinajstić information content (AvgIpc) is 2.71. The SMILES string of the molecule is CNC1CCc2cc(OCCSC)ccc21. The Bertz CT molecular complexity index is 354. The maximum atomic E-state index is 5.70. The molecule has 1 N–H and O–H groups in total. The molecule has 1 aromatic rings. The molecule has 1 atom stereocenters. The van der Waals surface area contributed by atoms with E-state index in [0.717, 1.165) is 18.1 Å². The van der Waals surface area contributed by atoms with Gasteiger partial charge in [-0.3, -0.25) is 0 Å². The van der Waals surface area contributed by atoms with Crippen LogP contribution in [0.15, 0.2) is 18.2 Å². The highest BCUT2D eigenvalue weighted by Gasteiger charge is 2.20. The molecule has 1 aliphatic rings. The zero-order valence-corrected chi connectivity index (χ0v) is 10.8. The average molecular weight is 237 g/mol. The molecule has 0 heterocycles. The van der Waals surface area contributed by atoms with E-state index in [1.165, 1.54) is 24.0 Å². The van der Waals surface area contributed by atoms with Gasteiger partial charge in [0.25, 0.3) is 0 Å². The van der Waals surface area contributed by atoms with Crippen molar-refractivity contribution in [1.82, 2.24) is 5.32 Å². The Morgan fingerprint density at radius 1 is 1.50 bits per heavy atom. The van der Waals surface area contributed by atoms with E-state index in [4.69, 9.17) is 4.74 Å². The van der Waals surface area contributed by atoms with E-state index >= 15 is 0 Å². The molecule has 0 radical (unpaired) electrons. The van der Waals surface area contributed by atoms with Gasteiger partial charge >= 0.3 is 0 Å². The Morgan fingerprint density at radius 2 is 2.38 bits per heavy atom. The van der Waals surface area contributed by atoms with Crippen LogP contribution < -0.4 is 10.1 Å². The van der Waals surface area contributed by atoms with Gasteiger partial charge in [-0.05, 0) is 49.4 Å². The van der Waals surface area contributed by atoms with Crippen molar-refractivity contribution in [3.63, 3.8) is 0 Å². The zero-order chi connectivity index (χ0) is 11.4. The first-order valence-electron chi connectivity index (χ1n) is 5.77. The second-order valence-corrected chi connectivity index (χ2v) is 5.07. The summed E-state index contributed by atoms with van der Waals surface area (Å²) in [6.45, 7) is 0.801. The molecule has 16 heavy (non-hydrogen) atoms. The molecule has 0 aromatic heterocycles. The smallest absolute Gasteiger partial charge is 0.119 e. The topological polar surface area (TPSA) is 21.3 Å². The summed E-state index contributed by atoms with van der Waals surface area (Å²) >= 11 is 1.82. The van der Waals surface area contributed by atoms with Crippen LogP contribution in [-0.4, -0.2) is 25.7 Å². The van der Waals surface area contributed by atoms with E-state index in [0.29, 0.717) is 6.04 Å². The fourth-order valence-corrected chi connectivity index (χ4v) is 2.48. The zero-order valence-electron chi connectivity index (χ0n) is 9.95. The van der Waals surface area contributed by atoms with Crippen molar-refractivity contribution in [2.75, 3.05) is 25.7 Å². The van der Waals surface area contributed by atoms with Crippen molar-refractivity contribution < 1.29 is 4.74 Å². The van der Waals surface area contributed by atoms with Crippen molar-refractivity contribution in [2.45, 2.75) is 18.9 Å². The first-order valence-corrected chi connectivity index (χ1v) is 7.16. The first-order chi connectivity index (χ1) is 7.85. The van der Waals surface area contributed by atoms with Gasteiger partial charge in [-0.25, -0.2) is 0 Å². The van der Waals surface area contributed by atoms with Crippen LogP contribution in [0.1, 0.15) is 23.6 Å². The molecule has 2 rings (SSSR count). The number of nitrogens with one attached hydrogen (secondary N) is 1. The number of ether oxygens (including phenoxy) is 1. The Morgan fingerprint density at radius 3 is 3.12 bits per heavy atom. The highest BCUT2D eigenvalue weighted by molar-refractivity contribution is 7.98. The molecule has 0 saturated carbocycles. The van der Waals surface area contributed by atoms with Crippen LogP contribution in [-0.2, 0) is 6.42 Å². The summed E-state index contributed by atoms with van der Waals surface area (Å²) in [5.41, 5.74) is 2.89. The molecule has 1 unspecified atom stereocenters. The summed E-state index contributed by atoms with van der Waals surface area (Å²) in [5.74, 6) is 2.07. The summed E-state index contributed by atoms with van der Waals surface area (Å²) in [7, 11) is 2.03. The maximum absolute atomic E-state index is 5.70. The Labute approximate surface area is 102 Å². The predicted octanol–water partition coefficient (Wildman–Crippen LogP) is 2.64. The van der Waals surface area contributed by atoms with Crippen LogP contribution in [0.4, 0.5) is 0 Å². The fourth-order valence-electron chi connectivity index (χ4n) is 2.23. The maximum Gasteiger partial charge on any atom is 0.119 e. The molecule has 0 spiro atoms. The van der Waals surface area contributed by atoms with Gasteiger partial charge < -0.3 is 10.1 Å². The lowest BCUT2D eigenvalue weighted by Gasteiger charge is -2.11. The summed E-state index contributed by atoms with van der Waals surface area (Å²) in [4.78, 5) is 0. The number of hydrogen-bond acceptors (Lipinski definition) is 3. The summed E-state index contributed by atoms with van der Waals surface area (Å²) in [6, 6.07) is 7.04. The number of fused-ring (bicyclic) bond motifs is 1. The lowest BCUT2D eigenvalue weighted by Crippen LogP contribution is -2.12. The number of benzene rings is 1. The lowest BCUT2D eigenvalue weighted by atomic mass is 10.1. The Balaban J connectivity index is 2.03. The molecule has 0 saturated heterocycles. The van der Waals surface area contributed by atoms with E-state index in [1.54, 1.807) is 0 Å². The number of thioether (sulfide) groups is 1. The summed E-state index contributed by atoms with van der Waals surface area (Å²) < 4.78 is 5.70. The van der Waals surface area contributed by atoms with Crippen molar-refractivity contribution in [3.05, 3.63) is 29.3 Å². The quantitative estimate of drug-likeness (QED) is 0.796. The van der Waals surface area contributed by atoms with E-state index in [2.05, 4.69) is 29.8 Å². The van der Waals surface area contributed by atoms with Crippen LogP contribution in [0.5, 0.6) is 5.75 Å². The minimum atomic E-state index is 0.537. The third-order valence-corrected chi connectivity index (χ3v) is 3.67. The minimum Gasteiger partial charge on any atom is -0.493 e. The van der Waals surface area contributed by atoms with Gasteiger partial charge in [0.1, 0.15) is 5.75 Å². The third-order valence-electron chi connectivity index (χ3n) is 3.10. The molecule has 1 aromatic carbocycles. The second kappa shape index (κ2) is 5.60. The van der Waals surface area contributed by atoms with Gasteiger partial charge in [-0.15, -0.1) is 0 Å². The van der Waals surface area contributed by atoms with Crippen LogP contribution in [0.3, 0.4) is 0 Å². The number of rotatable bonds is 5. The number of hydrogen-bond donors (Lipinski definition) is 1. The van der Waals surface area contributed by atoms with Crippen LogP contribution >= 0.6 is 11.8 Å². The first kappa shape index (κ1) is 11.8. The highest BCUT2D eigenvalue weighted by atomic mass is 32.2. The molecular formula is C13H19NOS. The van der Waals surface area contributed by atoms with Gasteiger partial charge in [0, 0.05) is 11.8 Å². The molecule has 2 nitrogen and oxygen atoms in total. The van der Waals surface area contributed by atoms with Crippen molar-refractivity contribution in [3.8, 4) is 5.75 Å². The van der Waals surface area contributed by atoms with Gasteiger partial charge in [0.05, 0.1) is 6.61 Å². The van der Waals surface area contributed by atoms with Crippen molar-refractivity contribution >= 4 is 11.8 Å². The second-order valence-electron chi connectivity index (χ2n) is 4.08. The van der Waals surface area contributed by atoms with E-state index in [1.807, 2.05) is 18.8 Å². The molecule has 0 fully saturated rings. The minimum absolute atomic E-state index is 0.537. The normalized spacial score (nSPS) is 18.5. The molecule has 88 valence electrons.